The molecule has 2 nitrogen and oxygen atoms in total. The van der Waals surface area contributed by atoms with Crippen molar-refractivity contribution in [2.24, 2.45) is 5.92 Å². The fourth-order valence-corrected chi connectivity index (χ4v) is 3.18. The van der Waals surface area contributed by atoms with Crippen molar-refractivity contribution in [2.75, 3.05) is 19.6 Å². The summed E-state index contributed by atoms with van der Waals surface area (Å²) in [5.74, 6) is 0.987. The van der Waals surface area contributed by atoms with Gasteiger partial charge in [0.2, 0.25) is 0 Å². The van der Waals surface area contributed by atoms with Crippen molar-refractivity contribution >= 4 is 0 Å². The maximum atomic E-state index is 2.66. The monoisotopic (exact) mass is 210 g/mol. The quantitative estimate of drug-likeness (QED) is 0.691. The van der Waals surface area contributed by atoms with Gasteiger partial charge in [-0.25, -0.2) is 10.0 Å². The number of piperidine rings is 2. The topological polar surface area (TPSA) is 6.48 Å². The van der Waals surface area contributed by atoms with Gasteiger partial charge < -0.3 is 0 Å². The summed E-state index contributed by atoms with van der Waals surface area (Å²) in [4.78, 5) is 0. The lowest BCUT2D eigenvalue weighted by Crippen LogP contribution is -2.53. The van der Waals surface area contributed by atoms with E-state index in [-0.39, 0.29) is 0 Å². The van der Waals surface area contributed by atoms with E-state index in [0.29, 0.717) is 0 Å². The second kappa shape index (κ2) is 5.31. The second-order valence-corrected chi connectivity index (χ2v) is 5.33. The number of hydrazine groups is 1. The Kier molecular flexibility index (Phi) is 4.04. The van der Waals surface area contributed by atoms with Gasteiger partial charge in [0.1, 0.15) is 0 Å². The van der Waals surface area contributed by atoms with Crippen molar-refractivity contribution in [2.45, 2.75) is 58.4 Å². The van der Waals surface area contributed by atoms with Crippen LogP contribution in [0, 0.1) is 5.92 Å². The van der Waals surface area contributed by atoms with Gasteiger partial charge in [-0.3, -0.25) is 0 Å². The average Bonchev–Trinajstić information content (AvgIpc) is 2.30. The number of nitrogens with zero attached hydrogens (tertiary/aromatic N) is 2. The van der Waals surface area contributed by atoms with E-state index in [2.05, 4.69) is 23.9 Å². The molecule has 0 aromatic rings. The summed E-state index contributed by atoms with van der Waals surface area (Å²) in [7, 11) is 0. The zero-order valence-electron chi connectivity index (χ0n) is 10.4. The molecule has 0 radical (unpaired) electrons. The SMILES string of the molecule is CCC1CCN(N2CCCCC2)C(C)C1. The third-order valence-corrected chi connectivity index (χ3v) is 4.22. The molecule has 0 bridgehead atoms. The van der Waals surface area contributed by atoms with Crippen LogP contribution in [-0.4, -0.2) is 35.7 Å². The molecule has 0 N–H and O–H groups in total. The van der Waals surface area contributed by atoms with Crippen LogP contribution < -0.4 is 0 Å². The first-order chi connectivity index (χ1) is 7.31. The highest BCUT2D eigenvalue weighted by Crippen LogP contribution is 2.27. The first kappa shape index (κ1) is 11.4. The van der Waals surface area contributed by atoms with Crippen LogP contribution in [0.25, 0.3) is 0 Å². The van der Waals surface area contributed by atoms with Gasteiger partial charge in [0.15, 0.2) is 0 Å². The summed E-state index contributed by atoms with van der Waals surface area (Å²) in [6.45, 7) is 8.67. The lowest BCUT2D eigenvalue weighted by Gasteiger charge is -2.45. The average molecular weight is 210 g/mol. The first-order valence-corrected chi connectivity index (χ1v) is 6.82. The third kappa shape index (κ3) is 2.73. The summed E-state index contributed by atoms with van der Waals surface area (Å²) in [5.41, 5.74) is 0. The normalized spacial score (nSPS) is 35.6. The van der Waals surface area contributed by atoms with E-state index in [4.69, 9.17) is 0 Å². The van der Waals surface area contributed by atoms with E-state index < -0.39 is 0 Å². The Labute approximate surface area is 94.6 Å². The molecule has 0 saturated carbocycles. The highest BCUT2D eigenvalue weighted by molar-refractivity contribution is 4.78. The molecule has 2 rings (SSSR count). The number of rotatable bonds is 2. The Morgan fingerprint density at radius 1 is 1.07 bits per heavy atom. The summed E-state index contributed by atoms with van der Waals surface area (Å²) < 4.78 is 0. The van der Waals surface area contributed by atoms with Gasteiger partial charge in [-0.05, 0) is 38.5 Å². The molecule has 0 spiro atoms. The van der Waals surface area contributed by atoms with Crippen molar-refractivity contribution in [3.63, 3.8) is 0 Å². The zero-order chi connectivity index (χ0) is 10.7. The molecular weight excluding hydrogens is 184 g/mol. The van der Waals surface area contributed by atoms with Crippen LogP contribution in [0.15, 0.2) is 0 Å². The summed E-state index contributed by atoms with van der Waals surface area (Å²) in [6, 6.07) is 0.779. The van der Waals surface area contributed by atoms with Crippen molar-refractivity contribution < 1.29 is 0 Å². The molecular formula is C13H26N2. The number of hydrogen-bond donors (Lipinski definition) is 0. The molecule has 2 aliphatic rings. The predicted molar refractivity (Wildman–Crippen MR) is 64.6 cm³/mol. The lowest BCUT2D eigenvalue weighted by molar-refractivity contribution is -0.0931. The molecule has 2 fully saturated rings. The van der Waals surface area contributed by atoms with Gasteiger partial charge in [0.25, 0.3) is 0 Å². The fourth-order valence-electron chi connectivity index (χ4n) is 3.18. The molecule has 2 heterocycles. The smallest absolute Gasteiger partial charge is 0.0220 e. The largest absolute Gasteiger partial charge is 0.242 e. The molecule has 15 heavy (non-hydrogen) atoms. The molecule has 0 aromatic carbocycles. The molecule has 0 aromatic heterocycles. The van der Waals surface area contributed by atoms with Gasteiger partial charge in [0, 0.05) is 25.7 Å². The Bertz CT molecular complexity index is 187. The molecule has 2 aliphatic heterocycles. The maximum Gasteiger partial charge on any atom is 0.0220 e. The van der Waals surface area contributed by atoms with Crippen LogP contribution in [0.5, 0.6) is 0 Å². The van der Waals surface area contributed by atoms with Crippen molar-refractivity contribution in [3.8, 4) is 0 Å². The van der Waals surface area contributed by atoms with E-state index >= 15 is 0 Å². The van der Waals surface area contributed by atoms with E-state index in [1.165, 1.54) is 58.2 Å². The molecule has 0 aliphatic carbocycles. The van der Waals surface area contributed by atoms with E-state index in [9.17, 15) is 0 Å². The number of hydrogen-bond acceptors (Lipinski definition) is 2. The van der Waals surface area contributed by atoms with Crippen LogP contribution in [0.4, 0.5) is 0 Å². The molecule has 2 unspecified atom stereocenters. The minimum absolute atomic E-state index is 0.779. The van der Waals surface area contributed by atoms with Crippen LogP contribution in [0.1, 0.15) is 52.4 Å². The van der Waals surface area contributed by atoms with Gasteiger partial charge >= 0.3 is 0 Å². The summed E-state index contributed by atoms with van der Waals surface area (Å²) in [6.07, 6.45) is 8.44. The van der Waals surface area contributed by atoms with Crippen LogP contribution in [0.2, 0.25) is 0 Å². The maximum absolute atomic E-state index is 2.66. The zero-order valence-corrected chi connectivity index (χ0v) is 10.4. The van der Waals surface area contributed by atoms with Gasteiger partial charge in [-0.15, -0.1) is 0 Å². The van der Waals surface area contributed by atoms with E-state index in [1.807, 2.05) is 0 Å². The molecule has 2 heteroatoms. The molecule has 2 saturated heterocycles. The minimum Gasteiger partial charge on any atom is -0.242 e. The predicted octanol–water partition coefficient (Wildman–Crippen LogP) is 2.90. The fraction of sp³-hybridized carbons (Fsp3) is 1.00. The van der Waals surface area contributed by atoms with Crippen molar-refractivity contribution in [3.05, 3.63) is 0 Å². The Balaban J connectivity index is 1.87. The Morgan fingerprint density at radius 2 is 1.80 bits per heavy atom. The lowest BCUT2D eigenvalue weighted by atomic mass is 9.90. The molecule has 2 atom stereocenters. The van der Waals surface area contributed by atoms with Crippen LogP contribution in [0.3, 0.4) is 0 Å². The summed E-state index contributed by atoms with van der Waals surface area (Å²) >= 11 is 0. The summed E-state index contributed by atoms with van der Waals surface area (Å²) in [5, 5.41) is 5.28. The first-order valence-electron chi connectivity index (χ1n) is 6.82. The van der Waals surface area contributed by atoms with Crippen molar-refractivity contribution in [1.82, 2.24) is 10.0 Å². The standard InChI is InChI=1S/C13H26N2/c1-3-13-7-10-15(12(2)11-13)14-8-5-4-6-9-14/h12-13H,3-11H2,1-2H3. The van der Waals surface area contributed by atoms with E-state index in [1.54, 1.807) is 0 Å². The molecule has 88 valence electrons. The third-order valence-electron chi connectivity index (χ3n) is 4.22. The highest BCUT2D eigenvalue weighted by Gasteiger charge is 2.28. The van der Waals surface area contributed by atoms with Gasteiger partial charge in [-0.2, -0.15) is 0 Å². The van der Waals surface area contributed by atoms with Crippen molar-refractivity contribution in [1.29, 1.82) is 0 Å². The van der Waals surface area contributed by atoms with Gasteiger partial charge in [0.05, 0.1) is 0 Å². The Morgan fingerprint density at radius 3 is 2.40 bits per heavy atom. The Hall–Kier alpha value is -0.0800. The van der Waals surface area contributed by atoms with Crippen LogP contribution >= 0.6 is 0 Å². The molecule has 0 amide bonds. The van der Waals surface area contributed by atoms with E-state index in [0.717, 1.165) is 12.0 Å². The highest BCUT2D eigenvalue weighted by atomic mass is 15.6. The second-order valence-electron chi connectivity index (χ2n) is 5.33. The minimum atomic E-state index is 0.779. The van der Waals surface area contributed by atoms with Gasteiger partial charge in [-0.1, -0.05) is 19.8 Å². The van der Waals surface area contributed by atoms with Crippen LogP contribution in [-0.2, 0) is 0 Å².